The lowest BCUT2D eigenvalue weighted by molar-refractivity contribution is 0.598. The number of nitrogen functional groups attached to an aromatic ring is 1. The highest BCUT2D eigenvalue weighted by molar-refractivity contribution is 7.89. The van der Waals surface area contributed by atoms with Crippen LogP contribution in [-0.2, 0) is 22.9 Å². The van der Waals surface area contributed by atoms with Crippen molar-refractivity contribution in [3.8, 4) is 21.7 Å². The van der Waals surface area contributed by atoms with Gasteiger partial charge in [-0.05, 0) is 60.4 Å². The van der Waals surface area contributed by atoms with E-state index < -0.39 is 10.0 Å². The zero-order valence-electron chi connectivity index (χ0n) is 16.4. The zero-order valence-corrected chi connectivity index (χ0v) is 18.0. The molecule has 7 nitrogen and oxygen atoms in total. The first-order valence-electron chi connectivity index (χ1n) is 9.61. The predicted octanol–water partition coefficient (Wildman–Crippen LogP) is 3.94. The van der Waals surface area contributed by atoms with Crippen LogP contribution < -0.4 is 16.2 Å². The van der Waals surface area contributed by atoms with E-state index >= 15 is 0 Å². The van der Waals surface area contributed by atoms with Gasteiger partial charge in [0.15, 0.2) is 0 Å². The monoisotopic (exact) mass is 449 g/mol. The molecule has 9 heteroatoms. The van der Waals surface area contributed by atoms with Crippen molar-refractivity contribution in [1.82, 2.24) is 9.97 Å². The third-order valence-electron chi connectivity index (χ3n) is 5.14. The maximum Gasteiger partial charge on any atom is 0.238 e. The standard InChI is InChI=1S/C22H19N5O2S2/c23-15-4-1-3-13(9-15)20-11-18-19(30-20)8-7-14-12-25-22(27-21(14)18)26-16-5-2-6-17(10-16)31(24,28)29/h1-6,9-12H,7-8,23H2,(H2,24,28,29)(H,25,26,27). The largest absolute Gasteiger partial charge is 0.399 e. The molecule has 2 aromatic carbocycles. The van der Waals surface area contributed by atoms with E-state index in [1.165, 1.54) is 17.0 Å². The van der Waals surface area contributed by atoms with Crippen LogP contribution in [-0.4, -0.2) is 18.4 Å². The van der Waals surface area contributed by atoms with E-state index in [-0.39, 0.29) is 4.90 Å². The van der Waals surface area contributed by atoms with E-state index in [0.717, 1.165) is 45.8 Å². The molecule has 31 heavy (non-hydrogen) atoms. The Labute approximate surface area is 183 Å². The van der Waals surface area contributed by atoms with Crippen LogP contribution in [0.3, 0.4) is 0 Å². The molecule has 2 heterocycles. The highest BCUT2D eigenvalue weighted by atomic mass is 32.2. The average Bonchev–Trinajstić information content (AvgIpc) is 3.18. The van der Waals surface area contributed by atoms with Gasteiger partial charge < -0.3 is 11.1 Å². The van der Waals surface area contributed by atoms with Crippen LogP contribution in [0, 0.1) is 0 Å². The Hall–Kier alpha value is -3.27. The van der Waals surface area contributed by atoms with Gasteiger partial charge in [0.25, 0.3) is 0 Å². The molecule has 4 aromatic rings. The first-order valence-corrected chi connectivity index (χ1v) is 12.0. The summed E-state index contributed by atoms with van der Waals surface area (Å²) in [6.45, 7) is 0. The molecule has 0 amide bonds. The lowest BCUT2D eigenvalue weighted by Gasteiger charge is -2.16. The molecular weight excluding hydrogens is 430 g/mol. The molecule has 0 radical (unpaired) electrons. The number of sulfonamides is 1. The molecular formula is C22H19N5O2S2. The number of anilines is 3. The maximum absolute atomic E-state index is 11.6. The first kappa shape index (κ1) is 19.7. The normalized spacial score (nSPS) is 12.8. The lowest BCUT2D eigenvalue weighted by atomic mass is 9.96. The molecule has 5 rings (SSSR count). The average molecular weight is 450 g/mol. The number of nitrogens with zero attached hydrogens (tertiary/aromatic N) is 2. The molecule has 0 saturated carbocycles. The number of rotatable bonds is 4. The van der Waals surface area contributed by atoms with E-state index in [2.05, 4.69) is 22.4 Å². The Kier molecular flexibility index (Phi) is 4.73. The number of aromatic nitrogens is 2. The van der Waals surface area contributed by atoms with E-state index in [1.54, 1.807) is 23.5 Å². The van der Waals surface area contributed by atoms with Crippen molar-refractivity contribution in [3.63, 3.8) is 0 Å². The Morgan fingerprint density at radius 1 is 1.03 bits per heavy atom. The molecule has 0 bridgehead atoms. The molecule has 0 atom stereocenters. The minimum atomic E-state index is -3.79. The Balaban J connectivity index is 1.50. The Morgan fingerprint density at radius 2 is 1.87 bits per heavy atom. The number of fused-ring (bicyclic) bond motifs is 3. The number of thiophene rings is 1. The fraction of sp³-hybridized carbons (Fsp3) is 0.0909. The topological polar surface area (TPSA) is 124 Å². The second kappa shape index (κ2) is 7.45. The van der Waals surface area contributed by atoms with Gasteiger partial charge in [0.2, 0.25) is 16.0 Å². The molecule has 0 unspecified atom stereocenters. The number of benzene rings is 2. The maximum atomic E-state index is 11.6. The number of primary sulfonamides is 1. The smallest absolute Gasteiger partial charge is 0.238 e. The number of nitrogens with one attached hydrogen (secondary N) is 1. The fourth-order valence-electron chi connectivity index (χ4n) is 3.66. The summed E-state index contributed by atoms with van der Waals surface area (Å²) in [5.74, 6) is 0.398. The third-order valence-corrected chi connectivity index (χ3v) is 7.29. The Morgan fingerprint density at radius 3 is 2.68 bits per heavy atom. The molecule has 156 valence electrons. The fourth-order valence-corrected chi connectivity index (χ4v) is 5.38. The van der Waals surface area contributed by atoms with Crippen LogP contribution in [0.2, 0.25) is 0 Å². The summed E-state index contributed by atoms with van der Waals surface area (Å²) in [6, 6.07) is 16.3. The van der Waals surface area contributed by atoms with Gasteiger partial charge in [-0.2, -0.15) is 0 Å². The number of hydrogen-bond acceptors (Lipinski definition) is 7. The third kappa shape index (κ3) is 3.90. The quantitative estimate of drug-likeness (QED) is 0.405. The number of nitrogens with two attached hydrogens (primary N) is 2. The summed E-state index contributed by atoms with van der Waals surface area (Å²) < 4.78 is 23.2. The van der Waals surface area contributed by atoms with Crippen LogP contribution in [0.4, 0.5) is 17.3 Å². The van der Waals surface area contributed by atoms with E-state index in [0.29, 0.717) is 11.6 Å². The predicted molar refractivity (Wildman–Crippen MR) is 124 cm³/mol. The van der Waals surface area contributed by atoms with Gasteiger partial charge in [-0.15, -0.1) is 11.3 Å². The second-order valence-corrected chi connectivity index (χ2v) is 10.0. The van der Waals surface area contributed by atoms with Gasteiger partial charge in [-0.3, -0.25) is 0 Å². The van der Waals surface area contributed by atoms with Crippen molar-refractivity contribution in [1.29, 1.82) is 0 Å². The number of aryl methyl sites for hydroxylation is 2. The SMILES string of the molecule is Nc1cccc(-c2cc3c(s2)CCc2cnc(Nc4cccc(S(N)(=O)=O)c4)nc2-3)c1. The summed E-state index contributed by atoms with van der Waals surface area (Å²) in [5.41, 5.74) is 11.4. The van der Waals surface area contributed by atoms with Gasteiger partial charge in [0.1, 0.15) is 0 Å². The van der Waals surface area contributed by atoms with Crippen LogP contribution in [0.1, 0.15) is 10.4 Å². The van der Waals surface area contributed by atoms with Crippen molar-refractivity contribution in [2.75, 3.05) is 11.1 Å². The minimum Gasteiger partial charge on any atom is -0.399 e. The molecule has 0 spiro atoms. The van der Waals surface area contributed by atoms with Gasteiger partial charge in [-0.1, -0.05) is 18.2 Å². The minimum absolute atomic E-state index is 0.0300. The van der Waals surface area contributed by atoms with Crippen molar-refractivity contribution in [3.05, 3.63) is 71.2 Å². The van der Waals surface area contributed by atoms with Crippen LogP contribution in [0.25, 0.3) is 21.7 Å². The van der Waals surface area contributed by atoms with Gasteiger partial charge in [0.05, 0.1) is 10.6 Å². The molecule has 1 aliphatic carbocycles. The van der Waals surface area contributed by atoms with Gasteiger partial charge >= 0.3 is 0 Å². The van der Waals surface area contributed by atoms with Crippen molar-refractivity contribution >= 4 is 38.7 Å². The molecule has 2 aromatic heterocycles. The highest BCUT2D eigenvalue weighted by Gasteiger charge is 2.22. The summed E-state index contributed by atoms with van der Waals surface area (Å²) >= 11 is 1.76. The van der Waals surface area contributed by atoms with Gasteiger partial charge in [-0.25, -0.2) is 23.5 Å². The summed E-state index contributed by atoms with van der Waals surface area (Å²) in [4.78, 5) is 11.6. The van der Waals surface area contributed by atoms with Crippen LogP contribution in [0.5, 0.6) is 0 Å². The van der Waals surface area contributed by atoms with E-state index in [4.69, 9.17) is 15.9 Å². The Bertz CT molecular complexity index is 1410. The van der Waals surface area contributed by atoms with E-state index in [1.807, 2.05) is 24.4 Å². The second-order valence-electron chi connectivity index (χ2n) is 7.34. The highest BCUT2D eigenvalue weighted by Crippen LogP contribution is 2.42. The molecule has 0 fully saturated rings. The zero-order chi connectivity index (χ0) is 21.6. The van der Waals surface area contributed by atoms with Crippen molar-refractivity contribution < 1.29 is 8.42 Å². The molecule has 0 aliphatic heterocycles. The first-order chi connectivity index (χ1) is 14.9. The lowest BCUT2D eigenvalue weighted by Crippen LogP contribution is -2.12. The molecule has 5 N–H and O–H groups in total. The molecule has 1 aliphatic rings. The number of hydrogen-bond donors (Lipinski definition) is 3. The molecule has 0 saturated heterocycles. The summed E-state index contributed by atoms with van der Waals surface area (Å²) in [6.07, 6.45) is 3.65. The van der Waals surface area contributed by atoms with Crippen LogP contribution in [0.15, 0.2) is 65.7 Å². The summed E-state index contributed by atoms with van der Waals surface area (Å²) in [7, 11) is -3.79. The van der Waals surface area contributed by atoms with Crippen molar-refractivity contribution in [2.24, 2.45) is 5.14 Å². The summed E-state index contributed by atoms with van der Waals surface area (Å²) in [5, 5.41) is 8.32. The van der Waals surface area contributed by atoms with Crippen molar-refractivity contribution in [2.45, 2.75) is 17.7 Å². The van der Waals surface area contributed by atoms with Crippen LogP contribution >= 0.6 is 11.3 Å². The van der Waals surface area contributed by atoms with Gasteiger partial charge in [0, 0.05) is 32.9 Å². The van der Waals surface area contributed by atoms with E-state index in [9.17, 15) is 8.42 Å².